The fourth-order valence-corrected chi connectivity index (χ4v) is 3.49. The molecule has 2 aromatic rings. The highest BCUT2D eigenvalue weighted by Crippen LogP contribution is 2.27. The number of hydrogen-bond donors (Lipinski definition) is 1. The van der Waals surface area contributed by atoms with Crippen LogP contribution in [-0.4, -0.2) is 28.3 Å². The van der Waals surface area contributed by atoms with E-state index in [0.717, 1.165) is 11.1 Å². The second kappa shape index (κ2) is 7.57. The molecule has 0 aliphatic heterocycles. The van der Waals surface area contributed by atoms with E-state index in [1.165, 1.54) is 7.11 Å². The number of benzene rings is 2. The largest absolute Gasteiger partial charge is 0.493 e. The van der Waals surface area contributed by atoms with Gasteiger partial charge in [0.05, 0.1) is 24.8 Å². The molecule has 0 radical (unpaired) electrons. The van der Waals surface area contributed by atoms with Crippen LogP contribution in [0.4, 0.5) is 0 Å². The van der Waals surface area contributed by atoms with Gasteiger partial charge in [-0.25, -0.2) is 0 Å². The first-order valence-electron chi connectivity index (χ1n) is 7.64. The minimum Gasteiger partial charge on any atom is -0.493 e. The van der Waals surface area contributed by atoms with Crippen LogP contribution in [0.25, 0.3) is 0 Å². The highest BCUT2D eigenvalue weighted by molar-refractivity contribution is 7.89. The third-order valence-corrected chi connectivity index (χ3v) is 5.12. The molecule has 0 bridgehead atoms. The molecule has 0 saturated heterocycles. The molecule has 0 saturated carbocycles. The molecule has 0 spiro atoms. The van der Waals surface area contributed by atoms with Gasteiger partial charge in [-0.2, -0.15) is 18.4 Å². The van der Waals surface area contributed by atoms with Crippen LogP contribution in [0.2, 0.25) is 0 Å². The number of methoxy groups -OCH3 is 2. The second-order valence-electron chi connectivity index (χ2n) is 5.63. The molecule has 2 aromatic carbocycles. The first-order chi connectivity index (χ1) is 11.8. The van der Waals surface area contributed by atoms with Crippen LogP contribution < -0.4 is 14.3 Å². The van der Waals surface area contributed by atoms with Crippen LogP contribution in [0, 0.1) is 13.8 Å². The molecular weight excluding hydrogens is 340 g/mol. The van der Waals surface area contributed by atoms with E-state index >= 15 is 0 Å². The molecule has 25 heavy (non-hydrogen) atoms. The standard InChI is InChI=1S/C18H22N2O4S/c1-12-6-7-13(2)18(10-12)25(21,22)20-19-14(3)15-8-9-16(23-4)17(11-15)24-5/h6-11,20H,1-5H3/b19-14-. The van der Waals surface area contributed by atoms with Gasteiger partial charge in [0.25, 0.3) is 10.0 Å². The molecule has 0 unspecified atom stereocenters. The van der Waals surface area contributed by atoms with E-state index in [1.807, 2.05) is 13.0 Å². The Morgan fingerprint density at radius 2 is 1.68 bits per heavy atom. The summed E-state index contributed by atoms with van der Waals surface area (Å²) in [5.41, 5.74) is 2.76. The first kappa shape index (κ1) is 18.8. The Hall–Kier alpha value is -2.54. The maximum absolute atomic E-state index is 12.5. The Kier molecular flexibility index (Phi) is 5.69. The normalized spacial score (nSPS) is 12.0. The molecule has 0 atom stereocenters. The third-order valence-electron chi connectivity index (χ3n) is 3.77. The van der Waals surface area contributed by atoms with Crippen molar-refractivity contribution < 1.29 is 17.9 Å². The number of aryl methyl sites for hydroxylation is 2. The minimum atomic E-state index is -3.74. The monoisotopic (exact) mass is 362 g/mol. The zero-order chi connectivity index (χ0) is 18.6. The summed E-state index contributed by atoms with van der Waals surface area (Å²) >= 11 is 0. The summed E-state index contributed by atoms with van der Waals surface area (Å²) in [4.78, 5) is 2.51. The number of hydrogen-bond acceptors (Lipinski definition) is 5. The average Bonchev–Trinajstić information content (AvgIpc) is 2.61. The maximum Gasteiger partial charge on any atom is 0.276 e. The molecular formula is C18H22N2O4S. The molecule has 0 heterocycles. The molecule has 134 valence electrons. The van der Waals surface area contributed by atoms with Gasteiger partial charge in [-0.15, -0.1) is 0 Å². The van der Waals surface area contributed by atoms with E-state index in [4.69, 9.17) is 9.47 Å². The van der Waals surface area contributed by atoms with Crippen molar-refractivity contribution in [2.24, 2.45) is 5.10 Å². The molecule has 1 N–H and O–H groups in total. The fourth-order valence-electron chi connectivity index (χ4n) is 2.30. The van der Waals surface area contributed by atoms with Crippen molar-refractivity contribution in [3.8, 4) is 11.5 Å². The average molecular weight is 362 g/mol. The van der Waals surface area contributed by atoms with Crippen molar-refractivity contribution in [3.05, 3.63) is 53.1 Å². The van der Waals surface area contributed by atoms with Crippen molar-refractivity contribution in [2.75, 3.05) is 14.2 Å². The topological polar surface area (TPSA) is 77.0 Å². The smallest absolute Gasteiger partial charge is 0.276 e. The van der Waals surface area contributed by atoms with E-state index in [-0.39, 0.29) is 4.90 Å². The molecule has 0 aromatic heterocycles. The second-order valence-corrected chi connectivity index (χ2v) is 7.26. The predicted octanol–water partition coefficient (Wildman–Crippen LogP) is 3.02. The SMILES string of the molecule is COc1ccc(/C(C)=N\NS(=O)(=O)c2cc(C)ccc2C)cc1OC. The van der Waals surface area contributed by atoms with E-state index < -0.39 is 10.0 Å². The summed E-state index contributed by atoms with van der Waals surface area (Å²) in [6, 6.07) is 10.5. The van der Waals surface area contributed by atoms with Gasteiger partial charge in [-0.1, -0.05) is 12.1 Å². The fraction of sp³-hybridized carbons (Fsp3) is 0.278. The van der Waals surface area contributed by atoms with Crippen molar-refractivity contribution in [1.29, 1.82) is 0 Å². The van der Waals surface area contributed by atoms with Crippen molar-refractivity contribution in [1.82, 2.24) is 4.83 Å². The quantitative estimate of drug-likeness (QED) is 0.633. The minimum absolute atomic E-state index is 0.219. The van der Waals surface area contributed by atoms with Gasteiger partial charge >= 0.3 is 0 Å². The van der Waals surface area contributed by atoms with Gasteiger partial charge in [0, 0.05) is 5.56 Å². The number of sulfonamides is 1. The predicted molar refractivity (Wildman–Crippen MR) is 98.0 cm³/mol. The van der Waals surface area contributed by atoms with E-state index in [2.05, 4.69) is 9.93 Å². The lowest BCUT2D eigenvalue weighted by Gasteiger charge is -2.11. The Bertz CT molecular complexity index is 905. The van der Waals surface area contributed by atoms with Crippen LogP contribution in [0.1, 0.15) is 23.6 Å². The Morgan fingerprint density at radius 1 is 1.00 bits per heavy atom. The Morgan fingerprint density at radius 3 is 2.32 bits per heavy atom. The van der Waals surface area contributed by atoms with E-state index in [0.29, 0.717) is 22.8 Å². The third kappa shape index (κ3) is 4.30. The Balaban J connectivity index is 2.30. The van der Waals surface area contributed by atoms with Gasteiger partial charge in [0.2, 0.25) is 0 Å². The highest BCUT2D eigenvalue weighted by Gasteiger charge is 2.16. The molecule has 0 aliphatic rings. The maximum atomic E-state index is 12.5. The summed E-state index contributed by atoms with van der Waals surface area (Å²) in [6.07, 6.45) is 0. The summed E-state index contributed by atoms with van der Waals surface area (Å²) in [5, 5.41) is 4.03. The molecule has 2 rings (SSSR count). The molecule has 7 heteroatoms. The van der Waals surface area contributed by atoms with Crippen molar-refractivity contribution in [2.45, 2.75) is 25.7 Å². The van der Waals surface area contributed by atoms with Crippen LogP contribution in [0.15, 0.2) is 46.4 Å². The molecule has 6 nitrogen and oxygen atoms in total. The highest BCUT2D eigenvalue weighted by atomic mass is 32.2. The molecule has 0 fully saturated rings. The summed E-state index contributed by atoms with van der Waals surface area (Å²) < 4.78 is 35.4. The Labute approximate surface area is 148 Å². The van der Waals surface area contributed by atoms with E-state index in [1.54, 1.807) is 51.3 Å². The summed E-state index contributed by atoms with van der Waals surface area (Å²) in [7, 11) is -0.647. The van der Waals surface area contributed by atoms with Gasteiger partial charge in [0.1, 0.15) is 0 Å². The number of hydrazone groups is 1. The lowest BCUT2D eigenvalue weighted by molar-refractivity contribution is 0.355. The number of rotatable bonds is 6. The van der Waals surface area contributed by atoms with Gasteiger partial charge in [-0.3, -0.25) is 0 Å². The summed E-state index contributed by atoms with van der Waals surface area (Å²) in [6.45, 7) is 5.31. The van der Waals surface area contributed by atoms with Crippen LogP contribution in [-0.2, 0) is 10.0 Å². The van der Waals surface area contributed by atoms with Crippen LogP contribution >= 0.6 is 0 Å². The van der Waals surface area contributed by atoms with Crippen molar-refractivity contribution >= 4 is 15.7 Å². The van der Waals surface area contributed by atoms with E-state index in [9.17, 15) is 8.42 Å². The lowest BCUT2D eigenvalue weighted by Crippen LogP contribution is -2.21. The van der Waals surface area contributed by atoms with Gasteiger partial charge in [0.15, 0.2) is 11.5 Å². The zero-order valence-corrected chi connectivity index (χ0v) is 15.8. The molecule has 0 aliphatic carbocycles. The van der Waals surface area contributed by atoms with Gasteiger partial charge in [-0.05, 0) is 56.2 Å². The van der Waals surface area contributed by atoms with Crippen LogP contribution in [0.3, 0.4) is 0 Å². The summed E-state index contributed by atoms with van der Waals surface area (Å²) in [5.74, 6) is 1.14. The number of nitrogens with one attached hydrogen (secondary N) is 1. The van der Waals surface area contributed by atoms with Gasteiger partial charge < -0.3 is 9.47 Å². The van der Waals surface area contributed by atoms with Crippen molar-refractivity contribution in [3.63, 3.8) is 0 Å². The zero-order valence-electron chi connectivity index (χ0n) is 15.0. The van der Waals surface area contributed by atoms with Crippen LogP contribution in [0.5, 0.6) is 11.5 Å². The first-order valence-corrected chi connectivity index (χ1v) is 9.12. The lowest BCUT2D eigenvalue weighted by atomic mass is 10.1. The number of nitrogens with zero attached hydrogens (tertiary/aromatic N) is 1. The molecule has 0 amide bonds. The number of ether oxygens (including phenoxy) is 2.